The molecule has 29 heavy (non-hydrogen) atoms. The van der Waals surface area contributed by atoms with Crippen LogP contribution in [0.2, 0.25) is 0 Å². The Bertz CT molecular complexity index is 1080. The molecule has 2 aromatic rings. The van der Waals surface area contributed by atoms with Crippen LogP contribution in [0.5, 0.6) is 0 Å². The topological polar surface area (TPSA) is 101 Å². The number of amides is 3. The van der Waals surface area contributed by atoms with Crippen LogP contribution < -0.4 is 5.32 Å². The normalized spacial score (nSPS) is 14.7. The molecule has 1 atom stereocenters. The molecule has 0 saturated heterocycles. The first-order valence-electron chi connectivity index (χ1n) is 8.80. The molecule has 0 saturated carbocycles. The predicted octanol–water partition coefficient (Wildman–Crippen LogP) is 2.80. The van der Waals surface area contributed by atoms with Gasteiger partial charge in [0.1, 0.15) is 15.9 Å². The summed E-state index contributed by atoms with van der Waals surface area (Å²) >= 11 is 3.38. The second-order valence-electron chi connectivity index (χ2n) is 6.91. The van der Waals surface area contributed by atoms with Gasteiger partial charge in [-0.3, -0.25) is 19.3 Å². The number of fused-ring (bicyclic) bond motifs is 1. The standard InChI is InChI=1S/C20H19BrN2O5S/c1-12-11-13(7-8-16(12)21)22-18(24)17(9-10-29(2,27)28)23-19(25)14-5-3-4-6-15(14)20(23)26/h3-8,11,17H,9-10H2,1-2H3,(H,22,24). The number of rotatable bonds is 6. The van der Waals surface area contributed by atoms with Crippen molar-refractivity contribution in [2.75, 3.05) is 17.3 Å². The van der Waals surface area contributed by atoms with Crippen LogP contribution in [0.4, 0.5) is 5.69 Å². The molecule has 3 amide bonds. The lowest BCUT2D eigenvalue weighted by molar-refractivity contribution is -0.120. The Morgan fingerprint density at radius 1 is 1.10 bits per heavy atom. The minimum atomic E-state index is -3.41. The fraction of sp³-hybridized carbons (Fsp3) is 0.250. The molecule has 1 aliphatic rings. The molecule has 0 aromatic heterocycles. The third-order valence-electron chi connectivity index (χ3n) is 4.63. The third-order valence-corrected chi connectivity index (χ3v) is 6.49. The zero-order chi connectivity index (χ0) is 21.3. The van der Waals surface area contributed by atoms with E-state index in [1.807, 2.05) is 6.92 Å². The van der Waals surface area contributed by atoms with Crippen LogP contribution >= 0.6 is 15.9 Å². The van der Waals surface area contributed by atoms with E-state index in [0.29, 0.717) is 5.69 Å². The molecule has 1 N–H and O–H groups in total. The summed E-state index contributed by atoms with van der Waals surface area (Å²) in [5.74, 6) is -2.17. The molecular weight excluding hydrogens is 460 g/mol. The molecule has 0 spiro atoms. The van der Waals surface area contributed by atoms with Crippen molar-refractivity contribution in [2.45, 2.75) is 19.4 Å². The zero-order valence-electron chi connectivity index (χ0n) is 15.8. The number of sulfone groups is 1. The van der Waals surface area contributed by atoms with Crippen molar-refractivity contribution in [3.8, 4) is 0 Å². The van der Waals surface area contributed by atoms with E-state index in [1.54, 1.807) is 30.3 Å². The molecule has 1 aliphatic heterocycles. The average Bonchev–Trinajstić information content (AvgIpc) is 2.90. The highest BCUT2D eigenvalue weighted by molar-refractivity contribution is 9.10. The van der Waals surface area contributed by atoms with E-state index in [0.717, 1.165) is 21.2 Å². The number of benzene rings is 2. The minimum absolute atomic E-state index is 0.189. The SMILES string of the molecule is Cc1cc(NC(=O)C(CCS(C)(=O)=O)N2C(=O)c3ccccc3C2=O)ccc1Br. The van der Waals surface area contributed by atoms with E-state index in [1.165, 1.54) is 12.1 Å². The number of carbonyl (C=O) groups is 3. The monoisotopic (exact) mass is 478 g/mol. The van der Waals surface area contributed by atoms with Gasteiger partial charge < -0.3 is 5.32 Å². The van der Waals surface area contributed by atoms with Crippen molar-refractivity contribution in [1.82, 2.24) is 4.90 Å². The van der Waals surface area contributed by atoms with Crippen LogP contribution in [-0.2, 0) is 14.6 Å². The Balaban J connectivity index is 1.92. The van der Waals surface area contributed by atoms with Gasteiger partial charge in [-0.25, -0.2) is 8.42 Å². The number of hydrogen-bond donors (Lipinski definition) is 1. The molecule has 152 valence electrons. The van der Waals surface area contributed by atoms with E-state index in [2.05, 4.69) is 21.2 Å². The maximum Gasteiger partial charge on any atom is 0.262 e. The Hall–Kier alpha value is -2.52. The van der Waals surface area contributed by atoms with Crippen molar-refractivity contribution in [2.24, 2.45) is 0 Å². The molecule has 1 heterocycles. The third kappa shape index (κ3) is 4.56. The number of aryl methyl sites for hydroxylation is 1. The number of carbonyl (C=O) groups excluding carboxylic acids is 3. The van der Waals surface area contributed by atoms with Crippen LogP contribution in [0, 0.1) is 6.92 Å². The van der Waals surface area contributed by atoms with Crippen LogP contribution in [0.25, 0.3) is 0 Å². The van der Waals surface area contributed by atoms with Crippen molar-refractivity contribution in [3.63, 3.8) is 0 Å². The quantitative estimate of drug-likeness (QED) is 0.643. The summed E-state index contributed by atoms with van der Waals surface area (Å²) in [6.07, 6.45) is 0.855. The van der Waals surface area contributed by atoms with Crippen LogP contribution in [0.1, 0.15) is 32.7 Å². The number of nitrogens with one attached hydrogen (secondary N) is 1. The lowest BCUT2D eigenvalue weighted by Crippen LogP contribution is -2.48. The van der Waals surface area contributed by atoms with Crippen molar-refractivity contribution in [1.29, 1.82) is 0 Å². The van der Waals surface area contributed by atoms with E-state index in [4.69, 9.17) is 0 Å². The molecule has 0 aliphatic carbocycles. The smallest absolute Gasteiger partial charge is 0.262 e. The lowest BCUT2D eigenvalue weighted by Gasteiger charge is -2.25. The van der Waals surface area contributed by atoms with Gasteiger partial charge in [-0.15, -0.1) is 0 Å². The van der Waals surface area contributed by atoms with Gasteiger partial charge in [0.15, 0.2) is 0 Å². The van der Waals surface area contributed by atoms with Gasteiger partial charge in [0.2, 0.25) is 5.91 Å². The fourth-order valence-corrected chi connectivity index (χ4v) is 4.04. The maximum atomic E-state index is 13.0. The molecule has 0 bridgehead atoms. The van der Waals surface area contributed by atoms with E-state index in [9.17, 15) is 22.8 Å². The maximum absolute atomic E-state index is 13.0. The average molecular weight is 479 g/mol. The summed E-state index contributed by atoms with van der Waals surface area (Å²) in [5, 5.41) is 2.69. The Morgan fingerprint density at radius 3 is 2.21 bits per heavy atom. The summed E-state index contributed by atoms with van der Waals surface area (Å²) in [6.45, 7) is 1.85. The minimum Gasteiger partial charge on any atom is -0.324 e. The molecular formula is C20H19BrN2O5S. The van der Waals surface area contributed by atoms with Gasteiger partial charge in [-0.2, -0.15) is 0 Å². The molecule has 3 rings (SSSR count). The number of halogens is 1. The lowest BCUT2D eigenvalue weighted by atomic mass is 10.1. The van der Waals surface area contributed by atoms with Gasteiger partial charge in [-0.1, -0.05) is 28.1 Å². The fourth-order valence-electron chi connectivity index (χ4n) is 3.14. The Labute approximate surface area is 177 Å². The summed E-state index contributed by atoms with van der Waals surface area (Å²) in [6, 6.07) is 10.2. The van der Waals surface area contributed by atoms with Gasteiger partial charge >= 0.3 is 0 Å². The number of nitrogens with zero attached hydrogens (tertiary/aromatic N) is 1. The number of imide groups is 1. The van der Waals surface area contributed by atoms with Crippen LogP contribution in [0.3, 0.4) is 0 Å². The van der Waals surface area contributed by atoms with Gasteiger partial charge in [-0.05, 0) is 49.2 Å². The van der Waals surface area contributed by atoms with Crippen molar-refractivity contribution < 1.29 is 22.8 Å². The summed E-state index contributed by atoms with van der Waals surface area (Å²) in [5.41, 5.74) is 1.77. The van der Waals surface area contributed by atoms with Gasteiger partial charge in [0.05, 0.1) is 16.9 Å². The first-order valence-corrected chi connectivity index (χ1v) is 11.7. The highest BCUT2D eigenvalue weighted by atomic mass is 79.9. The summed E-state index contributed by atoms with van der Waals surface area (Å²) in [4.78, 5) is 39.4. The van der Waals surface area contributed by atoms with Crippen molar-refractivity contribution in [3.05, 3.63) is 63.6 Å². The second-order valence-corrected chi connectivity index (χ2v) is 10.0. The molecule has 0 radical (unpaired) electrons. The van der Waals surface area contributed by atoms with Crippen molar-refractivity contribution >= 4 is 49.2 Å². The highest BCUT2D eigenvalue weighted by Gasteiger charge is 2.42. The van der Waals surface area contributed by atoms with E-state index < -0.39 is 33.6 Å². The largest absolute Gasteiger partial charge is 0.324 e. The Kier molecular flexibility index (Phi) is 5.90. The Morgan fingerprint density at radius 2 is 1.69 bits per heavy atom. The second kappa shape index (κ2) is 8.08. The first kappa shape index (κ1) is 21.2. The molecule has 0 fully saturated rings. The number of hydrogen-bond acceptors (Lipinski definition) is 5. The van der Waals surface area contributed by atoms with Gasteiger partial charge in [0, 0.05) is 16.4 Å². The molecule has 9 heteroatoms. The van der Waals surface area contributed by atoms with Crippen LogP contribution in [-0.4, -0.2) is 49.1 Å². The van der Waals surface area contributed by atoms with Gasteiger partial charge in [0.25, 0.3) is 11.8 Å². The van der Waals surface area contributed by atoms with E-state index >= 15 is 0 Å². The molecule has 2 aromatic carbocycles. The summed E-state index contributed by atoms with van der Waals surface area (Å²) in [7, 11) is -3.41. The zero-order valence-corrected chi connectivity index (χ0v) is 18.2. The first-order chi connectivity index (χ1) is 13.6. The van der Waals surface area contributed by atoms with Crippen LogP contribution in [0.15, 0.2) is 46.9 Å². The number of anilines is 1. The highest BCUT2D eigenvalue weighted by Crippen LogP contribution is 2.27. The summed E-state index contributed by atoms with van der Waals surface area (Å²) < 4.78 is 24.2. The molecule has 1 unspecified atom stereocenters. The predicted molar refractivity (Wildman–Crippen MR) is 113 cm³/mol. The van der Waals surface area contributed by atoms with E-state index in [-0.39, 0.29) is 23.3 Å². The molecule has 7 nitrogen and oxygen atoms in total.